The molecule has 0 spiro atoms. The van der Waals surface area contributed by atoms with Gasteiger partial charge in [-0.2, -0.15) is 0 Å². The Kier molecular flexibility index (Phi) is 5.86. The number of thioether (sulfide) groups is 1. The van der Waals surface area contributed by atoms with Crippen LogP contribution >= 0.6 is 11.8 Å². The molecule has 1 aliphatic heterocycles. The molecule has 1 atom stereocenters. The van der Waals surface area contributed by atoms with Crippen LogP contribution in [0.15, 0.2) is 47.6 Å². The Balaban J connectivity index is 1.44. The molecule has 5 heteroatoms. The van der Waals surface area contributed by atoms with Gasteiger partial charge in [0.2, 0.25) is 0 Å². The molecule has 4 nitrogen and oxygen atoms in total. The Hall–Kier alpha value is -1.85. The molecule has 3 aromatic rings. The molecule has 152 valence electrons. The zero-order chi connectivity index (χ0) is 19.5. The maximum absolute atomic E-state index is 5.83. The van der Waals surface area contributed by atoms with Crippen molar-refractivity contribution in [2.45, 2.75) is 68.7 Å². The van der Waals surface area contributed by atoms with Crippen LogP contribution in [0.25, 0.3) is 10.8 Å². The maximum atomic E-state index is 5.83. The van der Waals surface area contributed by atoms with Gasteiger partial charge in [-0.15, -0.1) is 10.2 Å². The number of ether oxygens (including phenoxy) is 1. The van der Waals surface area contributed by atoms with Gasteiger partial charge in [0.25, 0.3) is 0 Å². The smallest absolute Gasteiger partial charge is 0.191 e. The van der Waals surface area contributed by atoms with Crippen LogP contribution in [0.5, 0.6) is 0 Å². The lowest BCUT2D eigenvalue weighted by Gasteiger charge is -2.26. The fraction of sp³-hybridized carbons (Fsp3) is 0.500. The van der Waals surface area contributed by atoms with Crippen molar-refractivity contribution in [1.82, 2.24) is 14.8 Å². The monoisotopic (exact) mass is 407 g/mol. The van der Waals surface area contributed by atoms with Gasteiger partial charge in [0.15, 0.2) is 5.16 Å². The molecular weight excluding hydrogens is 378 g/mol. The number of hydrogen-bond donors (Lipinski definition) is 0. The SMILES string of the molecule is c1ccc2c(Cc3nnc(SCC4CCCO4)n3C3CCCCC3)cccc2c1. The molecule has 0 N–H and O–H groups in total. The van der Waals surface area contributed by atoms with E-state index >= 15 is 0 Å². The quantitative estimate of drug-likeness (QED) is 0.484. The molecular formula is C24H29N3OS. The van der Waals surface area contributed by atoms with E-state index in [0.29, 0.717) is 12.1 Å². The zero-order valence-electron chi connectivity index (χ0n) is 16.9. The molecule has 1 aliphatic carbocycles. The van der Waals surface area contributed by atoms with Crippen LogP contribution in [-0.2, 0) is 11.2 Å². The third-order valence-corrected chi connectivity index (χ3v) is 7.40. The molecule has 2 fully saturated rings. The number of benzene rings is 2. The summed E-state index contributed by atoms with van der Waals surface area (Å²) in [6.45, 7) is 0.910. The first-order valence-corrected chi connectivity index (χ1v) is 12.0. The number of nitrogens with zero attached hydrogens (tertiary/aromatic N) is 3. The highest BCUT2D eigenvalue weighted by molar-refractivity contribution is 7.99. The van der Waals surface area contributed by atoms with E-state index in [2.05, 4.69) is 57.2 Å². The average molecular weight is 408 g/mol. The highest BCUT2D eigenvalue weighted by Gasteiger charge is 2.25. The van der Waals surface area contributed by atoms with Crippen molar-refractivity contribution in [1.29, 1.82) is 0 Å². The van der Waals surface area contributed by atoms with E-state index in [1.165, 1.54) is 61.3 Å². The van der Waals surface area contributed by atoms with E-state index in [0.717, 1.165) is 29.8 Å². The number of aromatic nitrogens is 3. The van der Waals surface area contributed by atoms with E-state index in [4.69, 9.17) is 4.74 Å². The molecule has 1 saturated heterocycles. The molecule has 0 bridgehead atoms. The minimum Gasteiger partial charge on any atom is -0.377 e. The molecule has 2 aliphatic rings. The molecule has 1 unspecified atom stereocenters. The van der Waals surface area contributed by atoms with E-state index in [1.54, 1.807) is 0 Å². The number of rotatable bonds is 6. The summed E-state index contributed by atoms with van der Waals surface area (Å²) >= 11 is 1.84. The van der Waals surface area contributed by atoms with Gasteiger partial charge in [-0.3, -0.25) is 0 Å². The topological polar surface area (TPSA) is 39.9 Å². The molecule has 2 aromatic carbocycles. The maximum Gasteiger partial charge on any atom is 0.191 e. The summed E-state index contributed by atoms with van der Waals surface area (Å²) in [5.41, 5.74) is 1.34. The van der Waals surface area contributed by atoms with Crippen molar-refractivity contribution in [3.05, 3.63) is 53.9 Å². The lowest BCUT2D eigenvalue weighted by atomic mass is 9.95. The standard InChI is InChI=1S/C24H29N3OS/c1-2-11-20(12-3-1)27-23(25-26-24(27)29-17-21-13-7-15-28-21)16-19-10-6-9-18-8-4-5-14-22(18)19/h4-6,8-10,14,20-21H,1-3,7,11-13,15-17H2. The molecule has 5 rings (SSSR count). The average Bonchev–Trinajstić information content (AvgIpc) is 3.43. The largest absolute Gasteiger partial charge is 0.377 e. The number of fused-ring (bicyclic) bond motifs is 1. The lowest BCUT2D eigenvalue weighted by molar-refractivity contribution is 0.128. The Bertz CT molecular complexity index is 952. The lowest BCUT2D eigenvalue weighted by Crippen LogP contribution is -2.17. The van der Waals surface area contributed by atoms with Crippen molar-refractivity contribution in [3.63, 3.8) is 0 Å². The highest BCUT2D eigenvalue weighted by atomic mass is 32.2. The zero-order valence-corrected chi connectivity index (χ0v) is 17.7. The van der Waals surface area contributed by atoms with E-state index in [-0.39, 0.29) is 0 Å². The Morgan fingerprint density at radius 2 is 1.79 bits per heavy atom. The summed E-state index contributed by atoms with van der Waals surface area (Å²) in [5.74, 6) is 2.10. The summed E-state index contributed by atoms with van der Waals surface area (Å²) in [6, 6.07) is 15.8. The summed E-state index contributed by atoms with van der Waals surface area (Å²) < 4.78 is 8.31. The summed E-state index contributed by atoms with van der Waals surface area (Å²) in [7, 11) is 0. The Morgan fingerprint density at radius 3 is 2.66 bits per heavy atom. The summed E-state index contributed by atoms with van der Waals surface area (Å²) in [4.78, 5) is 0. The molecule has 1 saturated carbocycles. The molecule has 2 heterocycles. The van der Waals surface area contributed by atoms with Gasteiger partial charge < -0.3 is 9.30 Å². The fourth-order valence-corrected chi connectivity index (χ4v) is 5.88. The van der Waals surface area contributed by atoms with Gasteiger partial charge in [-0.25, -0.2) is 0 Å². The summed E-state index contributed by atoms with van der Waals surface area (Å²) in [5, 5.41) is 13.0. The van der Waals surface area contributed by atoms with Crippen molar-refractivity contribution < 1.29 is 4.74 Å². The van der Waals surface area contributed by atoms with Crippen molar-refractivity contribution in [3.8, 4) is 0 Å². The van der Waals surface area contributed by atoms with Gasteiger partial charge in [-0.05, 0) is 42.0 Å². The first-order chi connectivity index (χ1) is 14.4. The molecule has 1 aromatic heterocycles. The fourth-order valence-electron chi connectivity index (χ4n) is 4.79. The first-order valence-electron chi connectivity index (χ1n) is 11.0. The van der Waals surface area contributed by atoms with Crippen LogP contribution in [0.4, 0.5) is 0 Å². The summed E-state index contributed by atoms with van der Waals surface area (Å²) in [6.07, 6.45) is 10.0. The second-order valence-corrected chi connectivity index (χ2v) is 9.31. The normalized spacial score (nSPS) is 20.5. The van der Waals surface area contributed by atoms with Crippen molar-refractivity contribution >= 4 is 22.5 Å². The predicted octanol–water partition coefficient (Wildman–Crippen LogP) is 5.80. The molecule has 0 radical (unpaired) electrons. The van der Waals surface area contributed by atoms with Gasteiger partial charge >= 0.3 is 0 Å². The van der Waals surface area contributed by atoms with Crippen LogP contribution in [0.1, 0.15) is 62.4 Å². The van der Waals surface area contributed by atoms with Crippen molar-refractivity contribution in [2.75, 3.05) is 12.4 Å². The van der Waals surface area contributed by atoms with Gasteiger partial charge in [0, 0.05) is 24.8 Å². The van der Waals surface area contributed by atoms with Gasteiger partial charge in [0.1, 0.15) is 5.82 Å². The number of hydrogen-bond acceptors (Lipinski definition) is 4. The third-order valence-electron chi connectivity index (χ3n) is 6.33. The van der Waals surface area contributed by atoms with E-state index < -0.39 is 0 Å². The Morgan fingerprint density at radius 1 is 0.931 bits per heavy atom. The van der Waals surface area contributed by atoms with Crippen LogP contribution in [0.2, 0.25) is 0 Å². The van der Waals surface area contributed by atoms with E-state index in [9.17, 15) is 0 Å². The second-order valence-electron chi connectivity index (χ2n) is 8.32. The van der Waals surface area contributed by atoms with Crippen LogP contribution in [-0.4, -0.2) is 33.2 Å². The second kappa shape index (κ2) is 8.88. The van der Waals surface area contributed by atoms with Gasteiger partial charge in [-0.1, -0.05) is 73.5 Å². The molecule has 29 heavy (non-hydrogen) atoms. The van der Waals surface area contributed by atoms with Crippen LogP contribution < -0.4 is 0 Å². The predicted molar refractivity (Wildman–Crippen MR) is 119 cm³/mol. The van der Waals surface area contributed by atoms with E-state index in [1.807, 2.05) is 11.8 Å². The minimum absolute atomic E-state index is 0.373. The molecule has 0 amide bonds. The highest BCUT2D eigenvalue weighted by Crippen LogP contribution is 2.34. The third kappa shape index (κ3) is 4.22. The van der Waals surface area contributed by atoms with Crippen LogP contribution in [0.3, 0.4) is 0 Å². The first kappa shape index (κ1) is 19.1. The van der Waals surface area contributed by atoms with Gasteiger partial charge in [0.05, 0.1) is 6.10 Å². The van der Waals surface area contributed by atoms with Crippen molar-refractivity contribution in [2.24, 2.45) is 0 Å². The minimum atomic E-state index is 0.373. The van der Waals surface area contributed by atoms with Crippen LogP contribution in [0, 0.1) is 0 Å². The Labute approximate surface area is 177 Å².